The van der Waals surface area contributed by atoms with Crippen LogP contribution >= 0.6 is 0 Å². The number of anilines is 2. The molecule has 2 bridgehead atoms. The van der Waals surface area contributed by atoms with Gasteiger partial charge in [0.1, 0.15) is 34.6 Å². The largest absolute Gasteiger partial charge is 0.506 e. The number of amides is 2. The molecule has 3 heterocycles. The first kappa shape index (κ1) is 47.4. The summed E-state index contributed by atoms with van der Waals surface area (Å²) >= 11 is 0. The Labute approximate surface area is 361 Å². The van der Waals surface area contributed by atoms with Crippen LogP contribution in [0.15, 0.2) is 80.0 Å². The molecule has 6 N–H and O–H groups in total. The second-order valence-corrected chi connectivity index (χ2v) is 15.8. The smallest absolute Gasteiger partial charge is 0.405 e. The summed E-state index contributed by atoms with van der Waals surface area (Å²) in [6.45, 7) is 9.87. The zero-order valence-corrected chi connectivity index (χ0v) is 36.3. The van der Waals surface area contributed by atoms with Crippen LogP contribution in [0.2, 0.25) is 0 Å². The standard InChI is InChI=1S/C46H60N4O12/c1-27-21-33-41(48-15-8-7-9-18-60-31-13-14-32-35(51)26-40(61-38(32)24-31)50-16-19-59-20-17-50)36(52)25-34(43(33)54)49-45(55)28(2)11-10-12-37(57-5)44(62-46(47)56)30(4)23-29(3)42(53)39(22-27)58-6/h10-15,23-27,29,37,39,42,44,52-54H,7-9,16-22H2,1-6H3,(H2,47,56)(H,49,55)/b12-10?,28-11+,30-23+,48-15?/t27-,29+,37+,39+,42-,44+/m1/s1. The molecule has 336 valence electrons. The number of morpholine rings is 1. The van der Waals surface area contributed by atoms with Gasteiger partial charge in [0.2, 0.25) is 0 Å². The van der Waals surface area contributed by atoms with Crippen LogP contribution in [0.1, 0.15) is 58.9 Å². The van der Waals surface area contributed by atoms with Crippen LogP contribution in [0.25, 0.3) is 11.0 Å². The van der Waals surface area contributed by atoms with Crippen LogP contribution in [0.5, 0.6) is 17.2 Å². The highest BCUT2D eigenvalue weighted by atomic mass is 16.6. The van der Waals surface area contributed by atoms with Gasteiger partial charge in [-0.2, -0.15) is 0 Å². The predicted octanol–water partition coefficient (Wildman–Crippen LogP) is 6.45. The number of carbonyl (C=O) groups is 2. The number of aromatic hydroxyl groups is 2. The third-order valence-electron chi connectivity index (χ3n) is 11.0. The van der Waals surface area contributed by atoms with E-state index in [0.717, 1.165) is 0 Å². The van der Waals surface area contributed by atoms with Gasteiger partial charge >= 0.3 is 6.09 Å². The molecular weight excluding hydrogens is 801 g/mol. The summed E-state index contributed by atoms with van der Waals surface area (Å²) < 4.78 is 34.3. The number of ether oxygens (including phenoxy) is 5. The minimum atomic E-state index is -1.01. The van der Waals surface area contributed by atoms with E-state index in [9.17, 15) is 29.7 Å². The van der Waals surface area contributed by atoms with Crippen molar-refractivity contribution in [3.8, 4) is 17.2 Å². The Bertz CT molecular complexity index is 2210. The van der Waals surface area contributed by atoms with Crippen LogP contribution in [0.3, 0.4) is 0 Å². The molecule has 62 heavy (non-hydrogen) atoms. The molecule has 0 radical (unpaired) electrons. The number of primary amides is 1. The van der Waals surface area contributed by atoms with Crippen LogP contribution in [0, 0.1) is 11.8 Å². The zero-order chi connectivity index (χ0) is 44.9. The number of unbranched alkanes of at least 4 members (excludes halogenated alkanes) is 2. The molecule has 1 saturated heterocycles. The fraction of sp³-hybridized carbons (Fsp3) is 0.478. The fourth-order valence-corrected chi connectivity index (χ4v) is 7.57. The highest BCUT2D eigenvalue weighted by Gasteiger charge is 2.30. The molecule has 0 saturated carbocycles. The molecule has 0 unspecified atom stereocenters. The summed E-state index contributed by atoms with van der Waals surface area (Å²) in [4.78, 5) is 44.6. The first-order chi connectivity index (χ1) is 29.7. The third-order valence-corrected chi connectivity index (χ3v) is 11.0. The highest BCUT2D eigenvalue weighted by molar-refractivity contribution is 6.05. The van der Waals surface area contributed by atoms with E-state index in [1.165, 1.54) is 32.4 Å². The Kier molecular flexibility index (Phi) is 17.1. The summed E-state index contributed by atoms with van der Waals surface area (Å²) in [5.41, 5.74) is 7.04. The number of benzene rings is 2. The minimum Gasteiger partial charge on any atom is -0.506 e. The number of hydrogen-bond donors (Lipinski definition) is 5. The number of phenols is 2. The summed E-state index contributed by atoms with van der Waals surface area (Å²) in [6, 6.07) is 7.94. The number of aliphatic imine (C=N–C) groups is 1. The van der Waals surface area contributed by atoms with Gasteiger partial charge in [0, 0.05) is 68.8 Å². The maximum atomic E-state index is 13.3. The maximum Gasteiger partial charge on any atom is 0.405 e. The van der Waals surface area contributed by atoms with Gasteiger partial charge in [0.05, 0.1) is 43.1 Å². The number of carbonyl (C=O) groups excluding carboxylic acids is 2. The van der Waals surface area contributed by atoms with Crippen molar-refractivity contribution in [3.63, 3.8) is 0 Å². The molecule has 16 heteroatoms. The predicted molar refractivity (Wildman–Crippen MR) is 237 cm³/mol. The molecule has 2 aromatic carbocycles. The maximum absolute atomic E-state index is 13.3. The van der Waals surface area contributed by atoms with E-state index in [0.29, 0.717) is 92.3 Å². The first-order valence-corrected chi connectivity index (χ1v) is 20.9. The molecule has 1 fully saturated rings. The number of hydrogen-bond acceptors (Lipinski definition) is 14. The second kappa shape index (κ2) is 22.4. The first-order valence-electron chi connectivity index (χ1n) is 20.9. The number of fused-ring (bicyclic) bond motifs is 3. The Balaban J connectivity index is 1.32. The van der Waals surface area contributed by atoms with E-state index in [4.69, 9.17) is 33.8 Å². The number of aliphatic hydroxyl groups excluding tert-OH is 1. The minimum absolute atomic E-state index is 0.00723. The third kappa shape index (κ3) is 12.5. The number of rotatable bonds is 11. The molecule has 5 rings (SSSR count). The zero-order valence-electron chi connectivity index (χ0n) is 36.3. The van der Waals surface area contributed by atoms with E-state index < -0.39 is 42.3 Å². The van der Waals surface area contributed by atoms with E-state index in [-0.39, 0.29) is 46.2 Å². The number of aliphatic hydroxyl groups is 1. The van der Waals surface area contributed by atoms with Gasteiger partial charge < -0.3 is 59.4 Å². The molecule has 3 aromatic rings. The van der Waals surface area contributed by atoms with Gasteiger partial charge in [-0.1, -0.05) is 38.2 Å². The summed E-state index contributed by atoms with van der Waals surface area (Å²) in [6.07, 6.45) is 6.23. The van der Waals surface area contributed by atoms with Crippen molar-refractivity contribution in [2.45, 2.75) is 84.2 Å². The van der Waals surface area contributed by atoms with Crippen molar-refractivity contribution in [2.24, 2.45) is 22.6 Å². The van der Waals surface area contributed by atoms with Crippen LogP contribution in [-0.4, -0.2) is 105 Å². The summed E-state index contributed by atoms with van der Waals surface area (Å²) in [5.74, 6) is -0.640. The number of nitrogens with zero attached hydrogens (tertiary/aromatic N) is 2. The lowest BCUT2D eigenvalue weighted by Crippen LogP contribution is -2.37. The van der Waals surface area contributed by atoms with Gasteiger partial charge in [-0.25, -0.2) is 4.79 Å². The molecular formula is C46H60N4O12. The molecule has 2 aliphatic heterocycles. The Morgan fingerprint density at radius 2 is 1.82 bits per heavy atom. The van der Waals surface area contributed by atoms with Crippen molar-refractivity contribution in [1.29, 1.82) is 0 Å². The molecule has 2 amide bonds. The Morgan fingerprint density at radius 3 is 2.53 bits per heavy atom. The average molecular weight is 861 g/mol. The van der Waals surface area contributed by atoms with E-state index >= 15 is 0 Å². The monoisotopic (exact) mass is 860 g/mol. The molecule has 0 spiro atoms. The van der Waals surface area contributed by atoms with Crippen molar-refractivity contribution in [3.05, 3.63) is 81.6 Å². The molecule has 0 aliphatic carbocycles. The van der Waals surface area contributed by atoms with E-state index in [2.05, 4.69) is 10.3 Å². The van der Waals surface area contributed by atoms with E-state index in [1.54, 1.807) is 56.5 Å². The van der Waals surface area contributed by atoms with Crippen molar-refractivity contribution < 1.29 is 53.0 Å². The van der Waals surface area contributed by atoms with Crippen molar-refractivity contribution in [2.75, 3.05) is 57.3 Å². The number of methoxy groups -OCH3 is 2. The highest BCUT2D eigenvalue weighted by Crippen LogP contribution is 2.44. The summed E-state index contributed by atoms with van der Waals surface area (Å²) in [7, 11) is 2.94. The average Bonchev–Trinajstić information content (AvgIpc) is 3.25. The molecule has 2 aliphatic rings. The quantitative estimate of drug-likeness (QED) is 0.0460. The van der Waals surface area contributed by atoms with Crippen LogP contribution in [0.4, 0.5) is 22.1 Å². The van der Waals surface area contributed by atoms with Crippen LogP contribution in [-0.2, 0) is 30.2 Å². The molecule has 16 nitrogen and oxygen atoms in total. The lowest BCUT2D eigenvalue weighted by molar-refractivity contribution is -0.112. The van der Waals surface area contributed by atoms with Gasteiger partial charge in [-0.05, 0) is 69.6 Å². The number of nitrogens with one attached hydrogen (secondary N) is 1. The summed E-state index contributed by atoms with van der Waals surface area (Å²) in [5, 5.41) is 37.6. The van der Waals surface area contributed by atoms with Gasteiger partial charge in [0.15, 0.2) is 17.4 Å². The lowest BCUT2D eigenvalue weighted by atomic mass is 9.87. The Hall–Kier alpha value is -5.68. The second-order valence-electron chi connectivity index (χ2n) is 15.8. The lowest BCUT2D eigenvalue weighted by Gasteiger charge is -2.29. The topological polar surface area (TPSA) is 225 Å². The number of allylic oxidation sites excluding steroid dienone is 2. The van der Waals surface area contributed by atoms with Gasteiger partial charge in [-0.15, -0.1) is 0 Å². The van der Waals surface area contributed by atoms with Crippen molar-refractivity contribution in [1.82, 2.24) is 0 Å². The van der Waals surface area contributed by atoms with Gasteiger partial charge in [-0.3, -0.25) is 14.6 Å². The molecule has 6 atom stereocenters. The SMILES string of the molecule is CO[C@H]1C=C/C=C(\C)C(=O)Nc2cc(O)c(N=CCCCCOc3ccc4c(=O)cc(N5CCOCC5)oc4c3)c(c2O)C[C@@H](C)C[C@H](OC)[C@H](O)[C@@H](C)/C=C(\C)[C@@H]1OC(N)=O. The van der Waals surface area contributed by atoms with Gasteiger partial charge in [0.25, 0.3) is 5.91 Å². The Morgan fingerprint density at radius 1 is 1.06 bits per heavy atom. The fourth-order valence-electron chi connectivity index (χ4n) is 7.57. The normalized spacial score (nSPS) is 24.9. The van der Waals surface area contributed by atoms with E-state index in [1.807, 2.05) is 18.7 Å². The number of phenolic OH excluding ortho intramolecular Hbond substituents is 2. The van der Waals surface area contributed by atoms with Crippen LogP contribution < -0.4 is 26.1 Å². The molecule has 1 aromatic heterocycles. The number of nitrogens with two attached hydrogens (primary N) is 1. The van der Waals surface area contributed by atoms with Crippen molar-refractivity contribution >= 4 is 46.4 Å².